The number of anilines is 1. The molecule has 1 unspecified atom stereocenters. The van der Waals surface area contributed by atoms with Gasteiger partial charge in [0.15, 0.2) is 0 Å². The molecule has 1 atom stereocenters. The number of benzene rings is 1. The maximum Gasteiger partial charge on any atom is 0.265 e. The number of rotatable bonds is 5. The monoisotopic (exact) mass is 298 g/mol. The first-order chi connectivity index (χ1) is 8.65. The van der Waals surface area contributed by atoms with E-state index in [1.165, 1.54) is 6.92 Å². The van der Waals surface area contributed by atoms with Crippen LogP contribution < -0.4 is 10.5 Å². The molecule has 108 valence electrons. The van der Waals surface area contributed by atoms with Crippen LogP contribution in [0.15, 0.2) is 17.0 Å². The van der Waals surface area contributed by atoms with E-state index in [1.54, 1.807) is 4.72 Å². The lowest BCUT2D eigenvalue weighted by atomic mass is 10.2. The number of aliphatic hydroxyl groups excluding tert-OH is 1. The second-order valence-corrected chi connectivity index (χ2v) is 5.63. The SMILES string of the molecule is Cc1cc(F)c(S(=O)(=O)NCC(O)C(F)F)cc1N. The van der Waals surface area contributed by atoms with Crippen LogP contribution in [0.5, 0.6) is 0 Å². The van der Waals surface area contributed by atoms with Gasteiger partial charge in [0.25, 0.3) is 6.43 Å². The van der Waals surface area contributed by atoms with Gasteiger partial charge in [-0.25, -0.2) is 26.3 Å². The topological polar surface area (TPSA) is 92.4 Å². The van der Waals surface area contributed by atoms with Gasteiger partial charge in [0.05, 0.1) is 0 Å². The Morgan fingerprint density at radius 1 is 1.42 bits per heavy atom. The number of nitrogens with two attached hydrogens (primary N) is 1. The van der Waals surface area contributed by atoms with Gasteiger partial charge >= 0.3 is 0 Å². The quantitative estimate of drug-likeness (QED) is 0.695. The summed E-state index contributed by atoms with van der Waals surface area (Å²) in [7, 11) is -4.36. The second-order valence-electron chi connectivity index (χ2n) is 3.89. The summed E-state index contributed by atoms with van der Waals surface area (Å²) in [5.74, 6) is -1.05. The number of nitrogens with one attached hydrogen (secondary N) is 1. The van der Waals surface area contributed by atoms with Crippen LogP contribution in [0.2, 0.25) is 0 Å². The lowest BCUT2D eigenvalue weighted by Gasteiger charge is -2.12. The number of aryl methyl sites for hydroxylation is 1. The summed E-state index contributed by atoms with van der Waals surface area (Å²) in [5.41, 5.74) is 5.87. The first-order valence-electron chi connectivity index (χ1n) is 5.16. The van der Waals surface area contributed by atoms with Gasteiger partial charge in [0.1, 0.15) is 16.8 Å². The van der Waals surface area contributed by atoms with Crippen LogP contribution in [0.1, 0.15) is 5.56 Å². The van der Waals surface area contributed by atoms with Crippen LogP contribution in [0, 0.1) is 12.7 Å². The summed E-state index contributed by atoms with van der Waals surface area (Å²) in [4.78, 5) is -0.753. The van der Waals surface area contributed by atoms with Crippen LogP contribution in [-0.2, 0) is 10.0 Å². The molecule has 1 rings (SSSR count). The first kappa shape index (κ1) is 15.7. The predicted molar refractivity (Wildman–Crippen MR) is 62.7 cm³/mol. The number of alkyl halides is 2. The predicted octanol–water partition coefficient (Wildman–Crippen LogP) is 0.621. The van der Waals surface area contributed by atoms with Crippen molar-refractivity contribution >= 4 is 15.7 Å². The summed E-state index contributed by atoms with van der Waals surface area (Å²) in [6.07, 6.45) is -5.27. The minimum absolute atomic E-state index is 0.0520. The van der Waals surface area contributed by atoms with Crippen molar-refractivity contribution in [1.82, 2.24) is 4.72 Å². The Kier molecular flexibility index (Phi) is 4.77. The maximum absolute atomic E-state index is 13.5. The van der Waals surface area contributed by atoms with E-state index >= 15 is 0 Å². The van der Waals surface area contributed by atoms with Crippen molar-refractivity contribution in [2.75, 3.05) is 12.3 Å². The first-order valence-corrected chi connectivity index (χ1v) is 6.65. The van der Waals surface area contributed by atoms with Crippen molar-refractivity contribution in [2.24, 2.45) is 0 Å². The third kappa shape index (κ3) is 3.82. The highest BCUT2D eigenvalue weighted by Crippen LogP contribution is 2.21. The largest absolute Gasteiger partial charge is 0.398 e. The molecule has 0 amide bonds. The molecule has 0 saturated heterocycles. The van der Waals surface area contributed by atoms with Crippen molar-refractivity contribution in [2.45, 2.75) is 24.3 Å². The van der Waals surface area contributed by atoms with Gasteiger partial charge in [0.2, 0.25) is 10.0 Å². The molecule has 0 aromatic heterocycles. The van der Waals surface area contributed by atoms with Gasteiger partial charge in [0, 0.05) is 12.2 Å². The Labute approximate surface area is 108 Å². The van der Waals surface area contributed by atoms with E-state index in [4.69, 9.17) is 10.8 Å². The van der Waals surface area contributed by atoms with E-state index in [0.717, 1.165) is 12.1 Å². The third-order valence-corrected chi connectivity index (χ3v) is 3.82. The average molecular weight is 298 g/mol. The highest BCUT2D eigenvalue weighted by Gasteiger charge is 2.24. The molecule has 1 aromatic rings. The van der Waals surface area contributed by atoms with Gasteiger partial charge in [-0.2, -0.15) is 0 Å². The Morgan fingerprint density at radius 2 is 2.00 bits per heavy atom. The average Bonchev–Trinajstić information content (AvgIpc) is 2.30. The lowest BCUT2D eigenvalue weighted by Crippen LogP contribution is -2.36. The zero-order valence-electron chi connectivity index (χ0n) is 9.90. The Morgan fingerprint density at radius 3 is 2.53 bits per heavy atom. The van der Waals surface area contributed by atoms with E-state index < -0.39 is 39.8 Å². The molecule has 19 heavy (non-hydrogen) atoms. The molecule has 1 aromatic carbocycles. The van der Waals surface area contributed by atoms with E-state index in [-0.39, 0.29) is 5.69 Å². The number of hydrogen-bond acceptors (Lipinski definition) is 4. The second kappa shape index (κ2) is 5.76. The minimum Gasteiger partial charge on any atom is -0.398 e. The number of sulfonamides is 1. The van der Waals surface area contributed by atoms with E-state index in [2.05, 4.69) is 0 Å². The Balaban J connectivity index is 2.98. The van der Waals surface area contributed by atoms with Crippen molar-refractivity contribution in [3.63, 3.8) is 0 Å². The summed E-state index contributed by atoms with van der Waals surface area (Å²) >= 11 is 0. The Bertz CT molecular complexity index is 563. The lowest BCUT2D eigenvalue weighted by molar-refractivity contribution is -0.000456. The highest BCUT2D eigenvalue weighted by atomic mass is 32.2. The van der Waals surface area contributed by atoms with Crippen LogP contribution in [0.3, 0.4) is 0 Å². The van der Waals surface area contributed by atoms with Gasteiger partial charge in [-0.3, -0.25) is 0 Å². The van der Waals surface area contributed by atoms with Gasteiger partial charge < -0.3 is 10.8 Å². The van der Waals surface area contributed by atoms with Crippen LogP contribution >= 0.6 is 0 Å². The molecule has 0 bridgehead atoms. The summed E-state index contributed by atoms with van der Waals surface area (Å²) < 4.78 is 62.6. The number of hydrogen-bond donors (Lipinski definition) is 3. The number of aliphatic hydroxyl groups is 1. The van der Waals surface area contributed by atoms with Gasteiger partial charge in [-0.05, 0) is 24.6 Å². The normalized spacial score (nSPS) is 13.8. The van der Waals surface area contributed by atoms with E-state index in [0.29, 0.717) is 5.56 Å². The zero-order valence-corrected chi connectivity index (χ0v) is 10.7. The fraction of sp³-hybridized carbons (Fsp3) is 0.400. The molecule has 0 saturated carbocycles. The molecule has 5 nitrogen and oxygen atoms in total. The minimum atomic E-state index is -4.36. The molecule has 0 aliphatic heterocycles. The van der Waals surface area contributed by atoms with Gasteiger partial charge in [-0.1, -0.05) is 0 Å². The number of nitrogen functional groups attached to an aromatic ring is 1. The maximum atomic E-state index is 13.5. The molecule has 0 aliphatic rings. The van der Waals surface area contributed by atoms with Crippen LogP contribution in [0.25, 0.3) is 0 Å². The molecule has 9 heteroatoms. The fourth-order valence-corrected chi connectivity index (χ4v) is 2.38. The zero-order chi connectivity index (χ0) is 14.8. The summed E-state index contributed by atoms with van der Waals surface area (Å²) in [5, 5.41) is 8.81. The molecule has 0 radical (unpaired) electrons. The molecule has 0 heterocycles. The van der Waals surface area contributed by atoms with Gasteiger partial charge in [-0.15, -0.1) is 0 Å². The van der Waals surface area contributed by atoms with E-state index in [1.807, 2.05) is 0 Å². The molecule has 4 N–H and O–H groups in total. The molecular weight excluding hydrogens is 285 g/mol. The van der Waals surface area contributed by atoms with E-state index in [9.17, 15) is 21.6 Å². The fourth-order valence-electron chi connectivity index (χ4n) is 1.24. The standard InChI is InChI=1S/C10H13F3N2O3S/c1-5-2-6(11)9(3-7(5)14)19(17,18)15-4-8(16)10(12)13/h2-3,8,10,15-16H,4,14H2,1H3. The molecule has 0 fully saturated rings. The Hall–Kier alpha value is -1.32. The molecule has 0 spiro atoms. The van der Waals surface area contributed by atoms with Crippen molar-refractivity contribution in [3.05, 3.63) is 23.5 Å². The van der Waals surface area contributed by atoms with Crippen molar-refractivity contribution in [3.8, 4) is 0 Å². The van der Waals surface area contributed by atoms with Crippen LogP contribution in [-0.4, -0.2) is 32.6 Å². The van der Waals surface area contributed by atoms with Crippen LogP contribution in [0.4, 0.5) is 18.9 Å². The smallest absolute Gasteiger partial charge is 0.265 e. The number of halogens is 3. The van der Waals surface area contributed by atoms with Crippen molar-refractivity contribution < 1.29 is 26.7 Å². The van der Waals surface area contributed by atoms with Crippen molar-refractivity contribution in [1.29, 1.82) is 0 Å². The summed E-state index contributed by atoms with van der Waals surface area (Å²) in [6, 6.07) is 1.81. The summed E-state index contributed by atoms with van der Waals surface area (Å²) in [6.45, 7) is 0.565. The molecule has 0 aliphatic carbocycles. The third-order valence-electron chi connectivity index (χ3n) is 2.38. The molecular formula is C10H13F3N2O3S. The highest BCUT2D eigenvalue weighted by molar-refractivity contribution is 7.89.